The number of nitro groups is 1. The lowest BCUT2D eigenvalue weighted by Crippen LogP contribution is -2.16. The van der Waals surface area contributed by atoms with E-state index in [2.05, 4.69) is 10.9 Å². The minimum Gasteiger partial charge on any atom is -0.305 e. The second-order valence-corrected chi connectivity index (χ2v) is 7.12. The van der Waals surface area contributed by atoms with Crippen molar-refractivity contribution in [3.05, 3.63) is 62.9 Å². The van der Waals surface area contributed by atoms with Crippen LogP contribution in [0.1, 0.15) is 10.4 Å². The average Bonchev–Trinajstić information content (AvgIpc) is 2.98. The number of aromatic nitrogens is 1. The standard InChI is InChI=1S/C18H13N3O3S2/c1-3-9-20-15-8-7-13(21(23)24)11-16(15)26-18(20)19-17(22)12-5-4-6-14(10-12)25-2/h1,4-8,10-11H,9H2,2H3. The Balaban J connectivity index is 2.14. The largest absolute Gasteiger partial charge is 0.305 e. The zero-order valence-corrected chi connectivity index (χ0v) is 15.3. The summed E-state index contributed by atoms with van der Waals surface area (Å²) in [6.07, 6.45) is 7.36. The molecule has 0 spiro atoms. The lowest BCUT2D eigenvalue weighted by Gasteiger charge is -2.01. The average molecular weight is 383 g/mol. The van der Waals surface area contributed by atoms with E-state index in [0.29, 0.717) is 20.6 Å². The van der Waals surface area contributed by atoms with Gasteiger partial charge in [0.05, 0.1) is 21.7 Å². The van der Waals surface area contributed by atoms with Crippen molar-refractivity contribution < 1.29 is 9.72 Å². The van der Waals surface area contributed by atoms with Crippen molar-refractivity contribution in [2.24, 2.45) is 4.99 Å². The van der Waals surface area contributed by atoms with Gasteiger partial charge in [-0.1, -0.05) is 23.3 Å². The Kier molecular flexibility index (Phi) is 5.21. The lowest BCUT2D eigenvalue weighted by molar-refractivity contribution is -0.384. The van der Waals surface area contributed by atoms with Gasteiger partial charge in [-0.2, -0.15) is 4.99 Å². The van der Waals surface area contributed by atoms with Crippen LogP contribution < -0.4 is 4.80 Å². The first-order valence-electron chi connectivity index (χ1n) is 7.48. The van der Waals surface area contributed by atoms with Crippen molar-refractivity contribution in [3.63, 3.8) is 0 Å². The van der Waals surface area contributed by atoms with Crippen LogP contribution in [0.5, 0.6) is 0 Å². The first-order valence-corrected chi connectivity index (χ1v) is 9.52. The summed E-state index contributed by atoms with van der Waals surface area (Å²) in [5.74, 6) is 2.15. The molecule has 0 radical (unpaired) electrons. The number of fused-ring (bicyclic) bond motifs is 1. The molecule has 130 valence electrons. The van der Waals surface area contributed by atoms with Gasteiger partial charge >= 0.3 is 0 Å². The number of hydrogen-bond donors (Lipinski definition) is 0. The zero-order valence-electron chi connectivity index (χ0n) is 13.7. The third-order valence-electron chi connectivity index (χ3n) is 3.64. The molecule has 0 saturated heterocycles. The van der Waals surface area contributed by atoms with Gasteiger partial charge < -0.3 is 4.57 Å². The molecule has 8 heteroatoms. The maximum atomic E-state index is 12.5. The molecule has 3 aromatic rings. The molecule has 3 rings (SSSR count). The summed E-state index contributed by atoms with van der Waals surface area (Å²) in [6.45, 7) is 0.217. The fraction of sp³-hybridized carbons (Fsp3) is 0.111. The van der Waals surface area contributed by atoms with E-state index in [9.17, 15) is 14.9 Å². The molecule has 0 bridgehead atoms. The van der Waals surface area contributed by atoms with Crippen molar-refractivity contribution in [2.75, 3.05) is 6.26 Å². The summed E-state index contributed by atoms with van der Waals surface area (Å²) in [4.78, 5) is 28.7. The van der Waals surface area contributed by atoms with E-state index < -0.39 is 4.92 Å². The Morgan fingerprint density at radius 1 is 1.38 bits per heavy atom. The molecule has 0 atom stereocenters. The van der Waals surface area contributed by atoms with Crippen molar-refractivity contribution in [1.82, 2.24) is 4.57 Å². The summed E-state index contributed by atoms with van der Waals surface area (Å²) < 4.78 is 2.36. The minimum atomic E-state index is -0.458. The van der Waals surface area contributed by atoms with Crippen LogP contribution in [-0.2, 0) is 6.54 Å². The predicted molar refractivity (Wildman–Crippen MR) is 103 cm³/mol. The van der Waals surface area contributed by atoms with E-state index in [1.54, 1.807) is 28.8 Å². The molecule has 0 saturated carbocycles. The predicted octanol–water partition coefficient (Wildman–Crippen LogP) is 3.71. The maximum Gasteiger partial charge on any atom is 0.279 e. The molecular formula is C18H13N3O3S2. The van der Waals surface area contributed by atoms with E-state index >= 15 is 0 Å². The van der Waals surface area contributed by atoms with Gasteiger partial charge in [0.15, 0.2) is 4.80 Å². The van der Waals surface area contributed by atoms with Gasteiger partial charge in [0.2, 0.25) is 0 Å². The molecule has 0 N–H and O–H groups in total. The first kappa shape index (κ1) is 17.9. The quantitative estimate of drug-likeness (QED) is 0.298. The number of nitro benzene ring substituents is 1. The molecule has 6 nitrogen and oxygen atoms in total. The van der Waals surface area contributed by atoms with Crippen LogP contribution in [0, 0.1) is 22.5 Å². The van der Waals surface area contributed by atoms with Crippen LogP contribution >= 0.6 is 23.1 Å². The highest BCUT2D eigenvalue weighted by Gasteiger charge is 2.13. The van der Waals surface area contributed by atoms with Crippen LogP contribution in [-0.4, -0.2) is 21.7 Å². The van der Waals surface area contributed by atoms with Crippen LogP contribution in [0.25, 0.3) is 10.2 Å². The molecular weight excluding hydrogens is 370 g/mol. The number of amides is 1. The van der Waals surface area contributed by atoms with Crippen LogP contribution in [0.2, 0.25) is 0 Å². The van der Waals surface area contributed by atoms with Gasteiger partial charge in [0.25, 0.3) is 11.6 Å². The molecule has 0 aliphatic carbocycles. The van der Waals surface area contributed by atoms with Gasteiger partial charge in [0.1, 0.15) is 0 Å². The van der Waals surface area contributed by atoms with Gasteiger partial charge in [0, 0.05) is 22.6 Å². The van der Waals surface area contributed by atoms with Crippen molar-refractivity contribution in [2.45, 2.75) is 11.4 Å². The smallest absolute Gasteiger partial charge is 0.279 e. The fourth-order valence-electron chi connectivity index (χ4n) is 2.41. The minimum absolute atomic E-state index is 0.0165. The summed E-state index contributed by atoms with van der Waals surface area (Å²) in [7, 11) is 0. The van der Waals surface area contributed by atoms with E-state index in [1.165, 1.54) is 35.2 Å². The number of thiazole rings is 1. The molecule has 0 fully saturated rings. The molecule has 26 heavy (non-hydrogen) atoms. The van der Waals surface area contributed by atoms with Crippen LogP contribution in [0.4, 0.5) is 5.69 Å². The Morgan fingerprint density at radius 3 is 2.88 bits per heavy atom. The number of carbonyl (C=O) groups excluding carboxylic acids is 1. The van der Waals surface area contributed by atoms with E-state index in [-0.39, 0.29) is 18.1 Å². The highest BCUT2D eigenvalue weighted by molar-refractivity contribution is 7.98. The fourth-order valence-corrected chi connectivity index (χ4v) is 3.93. The Morgan fingerprint density at radius 2 is 2.19 bits per heavy atom. The zero-order chi connectivity index (χ0) is 18.7. The van der Waals surface area contributed by atoms with Crippen molar-refractivity contribution in [3.8, 4) is 12.3 Å². The SMILES string of the molecule is C#CCn1c(=NC(=O)c2cccc(SC)c2)sc2cc([N+](=O)[O-])ccc21. The molecule has 1 amide bonds. The molecule has 2 aromatic carbocycles. The highest BCUT2D eigenvalue weighted by Crippen LogP contribution is 2.23. The van der Waals surface area contributed by atoms with E-state index in [1.807, 2.05) is 12.3 Å². The second kappa shape index (κ2) is 7.56. The lowest BCUT2D eigenvalue weighted by atomic mass is 10.2. The Hall–Kier alpha value is -2.89. The number of hydrogen-bond acceptors (Lipinski definition) is 5. The third-order valence-corrected chi connectivity index (χ3v) is 5.41. The number of non-ortho nitro benzene ring substituents is 1. The number of thioether (sulfide) groups is 1. The summed E-state index contributed by atoms with van der Waals surface area (Å²) in [5, 5.41) is 11.0. The van der Waals surface area contributed by atoms with Crippen LogP contribution in [0.15, 0.2) is 52.4 Å². The summed E-state index contributed by atoms with van der Waals surface area (Å²) >= 11 is 2.74. The number of nitrogens with zero attached hydrogens (tertiary/aromatic N) is 3. The number of benzene rings is 2. The van der Waals surface area contributed by atoms with Gasteiger partial charge in [-0.05, 0) is 30.5 Å². The third kappa shape index (κ3) is 3.54. The van der Waals surface area contributed by atoms with Gasteiger partial charge in [-0.3, -0.25) is 14.9 Å². The van der Waals surface area contributed by atoms with Gasteiger partial charge in [-0.25, -0.2) is 0 Å². The first-order chi connectivity index (χ1) is 12.5. The van der Waals surface area contributed by atoms with E-state index in [4.69, 9.17) is 6.42 Å². The van der Waals surface area contributed by atoms with E-state index in [0.717, 1.165) is 4.90 Å². The number of rotatable bonds is 4. The maximum absolute atomic E-state index is 12.5. The highest BCUT2D eigenvalue weighted by atomic mass is 32.2. The monoisotopic (exact) mass is 383 g/mol. The normalized spacial score (nSPS) is 11.5. The molecule has 1 heterocycles. The number of terminal acetylenes is 1. The van der Waals surface area contributed by atoms with Crippen LogP contribution in [0.3, 0.4) is 0 Å². The Labute approximate surface area is 157 Å². The topological polar surface area (TPSA) is 77.5 Å². The number of carbonyl (C=O) groups is 1. The summed E-state index contributed by atoms with van der Waals surface area (Å²) in [5.41, 5.74) is 1.17. The van der Waals surface area contributed by atoms with Crippen molar-refractivity contribution >= 4 is 44.9 Å². The van der Waals surface area contributed by atoms with Crippen molar-refractivity contribution in [1.29, 1.82) is 0 Å². The molecule has 0 unspecified atom stereocenters. The molecule has 0 aliphatic heterocycles. The van der Waals surface area contributed by atoms with Gasteiger partial charge in [-0.15, -0.1) is 18.2 Å². The second-order valence-electron chi connectivity index (χ2n) is 5.23. The molecule has 1 aromatic heterocycles. The summed E-state index contributed by atoms with van der Waals surface area (Å²) in [6, 6.07) is 11.7. The molecule has 0 aliphatic rings. The Bertz CT molecular complexity index is 1120.